The highest BCUT2D eigenvalue weighted by Crippen LogP contribution is 2.36. The number of hydrogen-bond donors (Lipinski definition) is 0. The third kappa shape index (κ3) is 3.46. The molecular formula is C31H31N. The first-order valence-corrected chi connectivity index (χ1v) is 11.5. The van der Waals surface area contributed by atoms with Gasteiger partial charge in [0.25, 0.3) is 0 Å². The first-order valence-electron chi connectivity index (χ1n) is 11.5. The second-order valence-electron chi connectivity index (χ2n) is 11.0. The zero-order chi connectivity index (χ0) is 22.7. The summed E-state index contributed by atoms with van der Waals surface area (Å²) in [6.07, 6.45) is 1.95. The highest BCUT2D eigenvalue weighted by atomic mass is 14.7. The smallest absolute Gasteiger partial charge is 0.0780 e. The minimum atomic E-state index is 0.148. The fourth-order valence-electron chi connectivity index (χ4n) is 4.64. The van der Waals surface area contributed by atoms with Crippen molar-refractivity contribution in [1.29, 1.82) is 0 Å². The summed E-state index contributed by atoms with van der Waals surface area (Å²) in [4.78, 5) is 4.78. The van der Waals surface area contributed by atoms with Crippen LogP contribution >= 0.6 is 0 Å². The maximum atomic E-state index is 4.78. The Bertz CT molecular complexity index is 1460. The summed E-state index contributed by atoms with van der Waals surface area (Å²) in [5, 5.41) is 7.66. The van der Waals surface area contributed by atoms with Crippen LogP contribution in [-0.2, 0) is 10.8 Å². The molecule has 0 amide bonds. The molecule has 160 valence electrons. The van der Waals surface area contributed by atoms with Gasteiger partial charge in [0.15, 0.2) is 0 Å². The summed E-state index contributed by atoms with van der Waals surface area (Å²) in [6, 6.07) is 27.0. The molecule has 0 spiro atoms. The predicted molar refractivity (Wildman–Crippen MR) is 140 cm³/mol. The number of nitrogens with zero attached hydrogens (tertiary/aromatic N) is 1. The van der Waals surface area contributed by atoms with Gasteiger partial charge in [-0.15, -0.1) is 0 Å². The van der Waals surface area contributed by atoms with Gasteiger partial charge in [-0.1, -0.05) is 108 Å². The van der Waals surface area contributed by atoms with Crippen molar-refractivity contribution in [3.63, 3.8) is 0 Å². The number of pyridine rings is 1. The van der Waals surface area contributed by atoms with Crippen molar-refractivity contribution in [2.75, 3.05) is 0 Å². The van der Waals surface area contributed by atoms with Gasteiger partial charge in [-0.05, 0) is 55.0 Å². The first kappa shape index (κ1) is 20.7. The molecule has 5 rings (SSSR count). The van der Waals surface area contributed by atoms with Crippen LogP contribution in [0, 0.1) is 0 Å². The lowest BCUT2D eigenvalue weighted by molar-refractivity contribution is 0.590. The molecule has 0 N–H and O–H groups in total. The molecule has 1 heteroatoms. The Hall–Kier alpha value is -3.19. The highest BCUT2D eigenvalue weighted by molar-refractivity contribution is 6.18. The Morgan fingerprint density at radius 2 is 1.03 bits per heavy atom. The van der Waals surface area contributed by atoms with Gasteiger partial charge in [-0.3, -0.25) is 4.98 Å². The normalized spacial score (nSPS) is 12.7. The number of benzene rings is 4. The van der Waals surface area contributed by atoms with E-state index < -0.39 is 0 Å². The topological polar surface area (TPSA) is 12.9 Å². The summed E-state index contributed by atoms with van der Waals surface area (Å²) in [5.41, 5.74) is 5.22. The molecule has 5 aromatic rings. The third-order valence-corrected chi connectivity index (χ3v) is 6.65. The van der Waals surface area contributed by atoms with Crippen molar-refractivity contribution >= 4 is 32.3 Å². The van der Waals surface area contributed by atoms with Gasteiger partial charge in [0.05, 0.1) is 5.69 Å². The zero-order valence-electron chi connectivity index (χ0n) is 20.0. The molecule has 0 saturated heterocycles. The van der Waals surface area contributed by atoms with Crippen molar-refractivity contribution in [1.82, 2.24) is 4.98 Å². The van der Waals surface area contributed by atoms with E-state index in [0.717, 1.165) is 5.69 Å². The van der Waals surface area contributed by atoms with Crippen LogP contribution in [0.3, 0.4) is 0 Å². The largest absolute Gasteiger partial charge is 0.256 e. The number of rotatable bonds is 1. The molecule has 0 aliphatic rings. The van der Waals surface area contributed by atoms with E-state index in [1.54, 1.807) is 0 Å². The number of fused-ring (bicyclic) bond motifs is 5. The van der Waals surface area contributed by atoms with Crippen LogP contribution in [0.5, 0.6) is 0 Å². The van der Waals surface area contributed by atoms with Gasteiger partial charge in [0.1, 0.15) is 0 Å². The van der Waals surface area contributed by atoms with Crippen molar-refractivity contribution in [2.24, 2.45) is 0 Å². The van der Waals surface area contributed by atoms with E-state index in [9.17, 15) is 0 Å². The molecule has 0 unspecified atom stereocenters. The van der Waals surface area contributed by atoms with E-state index in [4.69, 9.17) is 4.98 Å². The standard InChI is InChI=1S/C31H31N/c1-30(2,3)22-10-7-20(8-11-22)29-28-16-15-25-24-14-12-23(31(4,5)6)19-21(24)9-13-26(25)27(28)17-18-32-29/h7-19H,1-6H3. The van der Waals surface area contributed by atoms with Crippen molar-refractivity contribution < 1.29 is 0 Å². The molecule has 0 fully saturated rings. The Morgan fingerprint density at radius 3 is 1.72 bits per heavy atom. The van der Waals surface area contributed by atoms with Crippen LogP contribution in [0.25, 0.3) is 43.6 Å². The number of hydrogen-bond acceptors (Lipinski definition) is 1. The molecular weight excluding hydrogens is 386 g/mol. The molecule has 4 aromatic carbocycles. The third-order valence-electron chi connectivity index (χ3n) is 6.65. The summed E-state index contributed by atoms with van der Waals surface area (Å²) in [5.74, 6) is 0. The van der Waals surface area contributed by atoms with E-state index in [2.05, 4.69) is 114 Å². The molecule has 1 nitrogen and oxygen atoms in total. The summed E-state index contributed by atoms with van der Waals surface area (Å²) < 4.78 is 0. The predicted octanol–water partition coefficient (Wildman–Crippen LogP) is 8.80. The minimum absolute atomic E-state index is 0.148. The van der Waals surface area contributed by atoms with Crippen LogP contribution in [0.15, 0.2) is 79.0 Å². The van der Waals surface area contributed by atoms with Gasteiger partial charge < -0.3 is 0 Å². The molecule has 1 aromatic heterocycles. The van der Waals surface area contributed by atoms with Crippen LogP contribution in [0.4, 0.5) is 0 Å². The van der Waals surface area contributed by atoms with Crippen molar-refractivity contribution in [3.05, 3.63) is 90.1 Å². The fraction of sp³-hybridized carbons (Fsp3) is 0.258. The molecule has 0 bridgehead atoms. The second kappa shape index (κ2) is 7.17. The molecule has 1 heterocycles. The van der Waals surface area contributed by atoms with Crippen molar-refractivity contribution in [3.8, 4) is 11.3 Å². The summed E-state index contributed by atoms with van der Waals surface area (Å²) >= 11 is 0. The van der Waals surface area contributed by atoms with Crippen molar-refractivity contribution in [2.45, 2.75) is 52.4 Å². The Labute approximate surface area is 191 Å². The number of aromatic nitrogens is 1. The highest BCUT2D eigenvalue weighted by Gasteiger charge is 2.16. The van der Waals surface area contributed by atoms with Gasteiger partial charge in [0.2, 0.25) is 0 Å². The van der Waals surface area contributed by atoms with Gasteiger partial charge in [-0.25, -0.2) is 0 Å². The van der Waals surface area contributed by atoms with Crippen LogP contribution in [0.1, 0.15) is 52.7 Å². The second-order valence-corrected chi connectivity index (χ2v) is 11.0. The molecule has 0 radical (unpaired) electrons. The lowest BCUT2D eigenvalue weighted by Crippen LogP contribution is -2.10. The first-order chi connectivity index (χ1) is 15.1. The van der Waals surface area contributed by atoms with E-state index in [0.29, 0.717) is 0 Å². The Morgan fingerprint density at radius 1 is 0.500 bits per heavy atom. The summed E-state index contributed by atoms with van der Waals surface area (Å²) in [7, 11) is 0. The average molecular weight is 418 g/mol. The zero-order valence-corrected chi connectivity index (χ0v) is 20.0. The van der Waals surface area contributed by atoms with E-state index in [1.807, 2.05) is 6.20 Å². The van der Waals surface area contributed by atoms with Crippen LogP contribution in [-0.4, -0.2) is 4.98 Å². The van der Waals surface area contributed by atoms with E-state index in [1.165, 1.54) is 49.0 Å². The average Bonchev–Trinajstić information content (AvgIpc) is 2.76. The maximum Gasteiger partial charge on any atom is 0.0780 e. The molecule has 0 saturated carbocycles. The molecule has 0 atom stereocenters. The van der Waals surface area contributed by atoms with Gasteiger partial charge in [0, 0.05) is 17.1 Å². The lowest BCUT2D eigenvalue weighted by Gasteiger charge is -2.20. The van der Waals surface area contributed by atoms with Gasteiger partial charge >= 0.3 is 0 Å². The SMILES string of the molecule is CC(C)(C)c1ccc(-c2nccc3c2ccc2c4ccc(C(C)(C)C)cc4ccc32)cc1. The van der Waals surface area contributed by atoms with Gasteiger partial charge in [-0.2, -0.15) is 0 Å². The van der Waals surface area contributed by atoms with Crippen LogP contribution in [0.2, 0.25) is 0 Å². The van der Waals surface area contributed by atoms with E-state index >= 15 is 0 Å². The minimum Gasteiger partial charge on any atom is -0.256 e. The van der Waals surface area contributed by atoms with Crippen LogP contribution < -0.4 is 0 Å². The Kier molecular flexibility index (Phi) is 4.64. The Balaban J connectivity index is 1.70. The molecule has 0 aliphatic carbocycles. The quantitative estimate of drug-likeness (QED) is 0.248. The monoisotopic (exact) mass is 417 g/mol. The summed E-state index contributed by atoms with van der Waals surface area (Å²) in [6.45, 7) is 13.6. The molecule has 0 aliphatic heterocycles. The molecule has 32 heavy (non-hydrogen) atoms. The fourth-order valence-corrected chi connectivity index (χ4v) is 4.64. The van der Waals surface area contributed by atoms with E-state index in [-0.39, 0.29) is 10.8 Å². The lowest BCUT2D eigenvalue weighted by atomic mass is 9.85. The maximum absolute atomic E-state index is 4.78.